The van der Waals surface area contributed by atoms with E-state index in [0.29, 0.717) is 6.42 Å². The monoisotopic (exact) mass is 236 g/mol. The van der Waals surface area contributed by atoms with Crippen molar-refractivity contribution < 1.29 is 14.6 Å². The molecule has 17 heavy (non-hydrogen) atoms. The maximum Gasteiger partial charge on any atom is 0.303 e. The molecule has 0 spiro atoms. The quantitative estimate of drug-likeness (QED) is 0.854. The van der Waals surface area contributed by atoms with Gasteiger partial charge in [-0.25, -0.2) is 0 Å². The fourth-order valence-corrected chi connectivity index (χ4v) is 2.03. The number of benzene rings is 1. The van der Waals surface area contributed by atoms with Crippen LogP contribution in [0.15, 0.2) is 18.2 Å². The topological polar surface area (TPSA) is 46.5 Å². The van der Waals surface area contributed by atoms with E-state index in [0.717, 1.165) is 16.9 Å². The normalized spacial score (nSPS) is 11.3. The molecule has 3 nitrogen and oxygen atoms in total. The number of methoxy groups -OCH3 is 1. The Labute approximate surface area is 102 Å². The molecule has 0 aromatic heterocycles. The van der Waals surface area contributed by atoms with Crippen LogP contribution in [0.5, 0.6) is 5.75 Å². The van der Waals surface area contributed by atoms with Crippen LogP contribution in [0.25, 0.3) is 0 Å². The molecule has 94 valence electrons. The summed E-state index contributed by atoms with van der Waals surface area (Å²) in [6, 6.07) is 5.98. The lowest BCUT2D eigenvalue weighted by atomic mass is 9.82. The molecule has 0 unspecified atom stereocenters. The minimum Gasteiger partial charge on any atom is -0.496 e. The third-order valence-electron chi connectivity index (χ3n) is 2.73. The van der Waals surface area contributed by atoms with Crippen molar-refractivity contribution >= 4 is 5.97 Å². The van der Waals surface area contributed by atoms with Gasteiger partial charge in [0.2, 0.25) is 0 Å². The van der Waals surface area contributed by atoms with Gasteiger partial charge in [-0.1, -0.05) is 31.5 Å². The van der Waals surface area contributed by atoms with Gasteiger partial charge >= 0.3 is 5.97 Å². The first-order chi connectivity index (χ1) is 7.84. The van der Waals surface area contributed by atoms with E-state index in [-0.39, 0.29) is 11.8 Å². The number of carbonyl (C=O) groups is 1. The molecule has 0 fully saturated rings. The molecule has 0 saturated carbocycles. The summed E-state index contributed by atoms with van der Waals surface area (Å²) in [6.45, 7) is 5.94. The number of hydrogen-bond acceptors (Lipinski definition) is 2. The predicted molar refractivity (Wildman–Crippen MR) is 67.5 cm³/mol. The second-order valence-electron chi connectivity index (χ2n) is 5.23. The molecule has 0 amide bonds. The maximum atomic E-state index is 10.8. The van der Waals surface area contributed by atoms with E-state index in [4.69, 9.17) is 9.84 Å². The Hall–Kier alpha value is -1.51. The molecule has 0 bridgehead atoms. The molecular weight excluding hydrogens is 216 g/mol. The second-order valence-corrected chi connectivity index (χ2v) is 5.23. The van der Waals surface area contributed by atoms with Gasteiger partial charge in [-0.2, -0.15) is 0 Å². The summed E-state index contributed by atoms with van der Waals surface area (Å²) >= 11 is 0. The van der Waals surface area contributed by atoms with Crippen molar-refractivity contribution in [2.24, 2.45) is 5.41 Å². The van der Waals surface area contributed by atoms with Gasteiger partial charge in [0.05, 0.1) is 13.5 Å². The van der Waals surface area contributed by atoms with Crippen LogP contribution in [0.3, 0.4) is 0 Å². The zero-order valence-corrected chi connectivity index (χ0v) is 10.9. The van der Waals surface area contributed by atoms with Crippen molar-refractivity contribution in [3.05, 3.63) is 29.3 Å². The summed E-state index contributed by atoms with van der Waals surface area (Å²) < 4.78 is 5.30. The van der Waals surface area contributed by atoms with Crippen molar-refractivity contribution in [2.45, 2.75) is 33.6 Å². The largest absolute Gasteiger partial charge is 0.496 e. The molecule has 0 atom stereocenters. The number of rotatable bonds is 5. The Morgan fingerprint density at radius 2 is 2.06 bits per heavy atom. The molecule has 1 rings (SSSR count). The Morgan fingerprint density at radius 1 is 1.41 bits per heavy atom. The van der Waals surface area contributed by atoms with E-state index in [9.17, 15) is 4.79 Å². The summed E-state index contributed by atoms with van der Waals surface area (Å²) in [4.78, 5) is 10.8. The molecular formula is C14H20O3. The minimum absolute atomic E-state index is 0.157. The zero-order chi connectivity index (χ0) is 13.1. The molecule has 0 aliphatic rings. The van der Waals surface area contributed by atoms with Crippen LogP contribution in [0, 0.1) is 12.3 Å². The fourth-order valence-electron chi connectivity index (χ4n) is 2.03. The average molecular weight is 236 g/mol. The van der Waals surface area contributed by atoms with E-state index >= 15 is 0 Å². The van der Waals surface area contributed by atoms with Crippen molar-refractivity contribution in [3.8, 4) is 5.75 Å². The zero-order valence-electron chi connectivity index (χ0n) is 10.9. The van der Waals surface area contributed by atoms with Gasteiger partial charge in [0.1, 0.15) is 5.75 Å². The first kappa shape index (κ1) is 13.6. The van der Waals surface area contributed by atoms with E-state index < -0.39 is 5.97 Å². The maximum absolute atomic E-state index is 10.8. The standard InChI is InChI=1S/C14H20O3/c1-10-5-6-12(17-4)11(7-10)8-14(2,3)9-13(15)16/h5-7H,8-9H2,1-4H3,(H,15,16). The van der Waals surface area contributed by atoms with Crippen LogP contribution < -0.4 is 4.74 Å². The molecule has 1 aromatic carbocycles. The molecule has 1 N–H and O–H groups in total. The van der Waals surface area contributed by atoms with Gasteiger partial charge in [0.15, 0.2) is 0 Å². The minimum atomic E-state index is -0.762. The van der Waals surface area contributed by atoms with Gasteiger partial charge in [-0.3, -0.25) is 4.79 Å². The highest BCUT2D eigenvalue weighted by Crippen LogP contribution is 2.31. The molecule has 1 aromatic rings. The molecule has 0 heterocycles. The second kappa shape index (κ2) is 5.21. The number of carboxylic acids is 1. The lowest BCUT2D eigenvalue weighted by Crippen LogP contribution is -2.20. The number of hydrogen-bond donors (Lipinski definition) is 1. The molecule has 0 radical (unpaired) electrons. The van der Waals surface area contributed by atoms with Crippen LogP contribution in [0.4, 0.5) is 0 Å². The van der Waals surface area contributed by atoms with Gasteiger partial charge in [-0.05, 0) is 30.4 Å². The molecule has 0 aliphatic heterocycles. The highest BCUT2D eigenvalue weighted by molar-refractivity contribution is 5.67. The van der Waals surface area contributed by atoms with E-state index in [2.05, 4.69) is 6.07 Å². The lowest BCUT2D eigenvalue weighted by Gasteiger charge is -2.23. The predicted octanol–water partition coefficient (Wildman–Crippen LogP) is 3.05. The smallest absolute Gasteiger partial charge is 0.303 e. The third kappa shape index (κ3) is 4.10. The van der Waals surface area contributed by atoms with Gasteiger partial charge in [0.25, 0.3) is 0 Å². The third-order valence-corrected chi connectivity index (χ3v) is 2.73. The Morgan fingerprint density at radius 3 is 2.59 bits per heavy atom. The number of aliphatic carboxylic acids is 1. The summed E-state index contributed by atoms with van der Waals surface area (Å²) in [5, 5.41) is 8.88. The Balaban J connectivity index is 2.93. The van der Waals surface area contributed by atoms with Gasteiger partial charge in [0, 0.05) is 0 Å². The van der Waals surface area contributed by atoms with Gasteiger partial charge in [-0.15, -0.1) is 0 Å². The molecule has 3 heteroatoms. The lowest BCUT2D eigenvalue weighted by molar-refractivity contribution is -0.139. The number of aryl methyl sites for hydroxylation is 1. The summed E-state index contributed by atoms with van der Waals surface area (Å²) in [7, 11) is 1.64. The summed E-state index contributed by atoms with van der Waals surface area (Å²) in [5.41, 5.74) is 1.96. The van der Waals surface area contributed by atoms with Crippen LogP contribution in [-0.2, 0) is 11.2 Å². The fraction of sp³-hybridized carbons (Fsp3) is 0.500. The first-order valence-electron chi connectivity index (χ1n) is 5.69. The van der Waals surface area contributed by atoms with E-state index in [1.807, 2.05) is 32.9 Å². The Bertz CT molecular complexity index is 408. The van der Waals surface area contributed by atoms with Gasteiger partial charge < -0.3 is 9.84 Å². The van der Waals surface area contributed by atoms with Crippen molar-refractivity contribution in [2.75, 3.05) is 7.11 Å². The Kier molecular flexibility index (Phi) is 4.16. The molecule has 0 saturated heterocycles. The van der Waals surface area contributed by atoms with Crippen LogP contribution >= 0.6 is 0 Å². The number of ether oxygens (including phenoxy) is 1. The van der Waals surface area contributed by atoms with E-state index in [1.165, 1.54) is 0 Å². The van der Waals surface area contributed by atoms with Crippen molar-refractivity contribution in [1.29, 1.82) is 0 Å². The molecule has 0 aliphatic carbocycles. The van der Waals surface area contributed by atoms with Crippen LogP contribution in [0.2, 0.25) is 0 Å². The average Bonchev–Trinajstić information content (AvgIpc) is 2.14. The van der Waals surface area contributed by atoms with E-state index in [1.54, 1.807) is 7.11 Å². The SMILES string of the molecule is COc1ccc(C)cc1CC(C)(C)CC(=O)O. The highest BCUT2D eigenvalue weighted by Gasteiger charge is 2.23. The van der Waals surface area contributed by atoms with Crippen molar-refractivity contribution in [3.63, 3.8) is 0 Å². The highest BCUT2D eigenvalue weighted by atomic mass is 16.5. The summed E-state index contributed by atoms with van der Waals surface area (Å²) in [5.74, 6) is 0.0654. The summed E-state index contributed by atoms with van der Waals surface area (Å²) in [6.07, 6.45) is 0.855. The van der Waals surface area contributed by atoms with Crippen LogP contribution in [-0.4, -0.2) is 18.2 Å². The number of carboxylic acid groups (broad SMARTS) is 1. The van der Waals surface area contributed by atoms with Crippen LogP contribution in [0.1, 0.15) is 31.4 Å². The van der Waals surface area contributed by atoms with Crippen molar-refractivity contribution in [1.82, 2.24) is 0 Å². The first-order valence-corrected chi connectivity index (χ1v) is 5.69.